The van der Waals surface area contributed by atoms with Crippen molar-refractivity contribution in [3.63, 3.8) is 0 Å². The van der Waals surface area contributed by atoms with Gasteiger partial charge in [0.1, 0.15) is 18.0 Å². The summed E-state index contributed by atoms with van der Waals surface area (Å²) in [5.41, 5.74) is 9.15. The maximum atomic E-state index is 12.5. The molecule has 1 aliphatic rings. The molecular weight excluding hydrogens is 525 g/mol. The molecule has 0 spiro atoms. The van der Waals surface area contributed by atoms with Crippen LogP contribution in [-0.4, -0.2) is 58.1 Å². The molecule has 20 heteroatoms. The van der Waals surface area contributed by atoms with Crippen LogP contribution >= 0.6 is 23.5 Å². The molecule has 9 N–H and O–H groups in total. The van der Waals surface area contributed by atoms with Gasteiger partial charge in [-0.05, 0) is 26.8 Å². The smallest absolute Gasteiger partial charge is 0.387 e. The van der Waals surface area contributed by atoms with E-state index in [-0.39, 0.29) is 11.5 Å². The van der Waals surface area contributed by atoms with Gasteiger partial charge in [-0.15, -0.1) is 5.92 Å². The molecule has 0 radical (unpaired) electrons. The van der Waals surface area contributed by atoms with Crippen molar-refractivity contribution in [3.05, 3.63) is 22.2 Å². The van der Waals surface area contributed by atoms with E-state index in [0.29, 0.717) is 0 Å². The highest BCUT2D eigenvalue weighted by Gasteiger charge is 2.57. The van der Waals surface area contributed by atoms with Crippen molar-refractivity contribution in [2.24, 2.45) is 5.73 Å². The topological polar surface area (TPSA) is 276 Å². The van der Waals surface area contributed by atoms with Crippen LogP contribution in [-0.2, 0) is 31.6 Å². The fourth-order valence-electron chi connectivity index (χ4n) is 3.23. The second-order valence-corrected chi connectivity index (χ2v) is 11.5. The SMILES string of the molecule is CC#CC1(N)[C@@H](O)[C@@H]([C@@H](C)OP(=O)(O)OP(=O)(O)OP(=O)(O)O)O[C@H]1n1c(C)cc(N)nc1=O. The molecule has 192 valence electrons. The van der Waals surface area contributed by atoms with Gasteiger partial charge in [-0.25, -0.2) is 18.5 Å². The summed E-state index contributed by atoms with van der Waals surface area (Å²) in [5.74, 6) is 4.91. The Bertz CT molecular complexity index is 1210. The van der Waals surface area contributed by atoms with Gasteiger partial charge in [0, 0.05) is 5.69 Å². The van der Waals surface area contributed by atoms with Gasteiger partial charge in [0.15, 0.2) is 11.8 Å². The molecule has 1 fully saturated rings. The second-order valence-electron chi connectivity index (χ2n) is 7.08. The minimum Gasteiger partial charge on any atom is -0.387 e. The highest BCUT2D eigenvalue weighted by molar-refractivity contribution is 7.66. The fourth-order valence-corrected chi connectivity index (χ4v) is 6.43. The number of aliphatic hydroxyl groups is 1. The van der Waals surface area contributed by atoms with Crippen LogP contribution in [0.25, 0.3) is 0 Å². The third-order valence-electron chi connectivity index (χ3n) is 4.42. The average molecular weight is 548 g/mol. The first kappa shape index (κ1) is 28.8. The van der Waals surface area contributed by atoms with Gasteiger partial charge in [-0.1, -0.05) is 5.92 Å². The summed E-state index contributed by atoms with van der Waals surface area (Å²) >= 11 is 0. The number of rotatable bonds is 8. The van der Waals surface area contributed by atoms with E-state index in [1.165, 1.54) is 19.9 Å². The van der Waals surface area contributed by atoms with E-state index in [1.54, 1.807) is 0 Å². The fraction of sp³-hybridized carbons (Fsp3) is 0.571. The van der Waals surface area contributed by atoms with Gasteiger partial charge in [-0.2, -0.15) is 13.6 Å². The molecule has 1 aromatic heterocycles. The van der Waals surface area contributed by atoms with Gasteiger partial charge >= 0.3 is 29.2 Å². The number of phosphoric ester groups is 1. The van der Waals surface area contributed by atoms with Crippen molar-refractivity contribution >= 4 is 29.3 Å². The molecule has 34 heavy (non-hydrogen) atoms. The van der Waals surface area contributed by atoms with Crippen LogP contribution in [0.15, 0.2) is 10.9 Å². The average Bonchev–Trinajstić information content (AvgIpc) is 2.83. The molecule has 7 atom stereocenters. The third kappa shape index (κ3) is 6.60. The maximum Gasteiger partial charge on any atom is 0.490 e. The van der Waals surface area contributed by atoms with E-state index in [4.69, 9.17) is 26.0 Å². The number of phosphoric acid groups is 3. The summed E-state index contributed by atoms with van der Waals surface area (Å²) in [6.07, 6.45) is -6.47. The van der Waals surface area contributed by atoms with Crippen LogP contribution in [0.5, 0.6) is 0 Å². The summed E-state index contributed by atoms with van der Waals surface area (Å²) in [6, 6.07) is 1.32. The Morgan fingerprint density at radius 2 is 1.82 bits per heavy atom. The monoisotopic (exact) mass is 548 g/mol. The Labute approximate surface area is 192 Å². The third-order valence-corrected chi connectivity index (χ3v) is 8.34. The van der Waals surface area contributed by atoms with Crippen LogP contribution in [0, 0.1) is 18.8 Å². The van der Waals surface area contributed by atoms with Crippen molar-refractivity contribution in [3.8, 4) is 11.8 Å². The molecule has 2 rings (SSSR count). The number of hydrogen-bond donors (Lipinski definition) is 7. The quantitative estimate of drug-likeness (QED) is 0.149. The number of hydrogen-bond acceptors (Lipinski definition) is 12. The van der Waals surface area contributed by atoms with Crippen molar-refractivity contribution in [1.29, 1.82) is 0 Å². The largest absolute Gasteiger partial charge is 0.490 e. The zero-order chi connectivity index (χ0) is 26.3. The molecule has 1 aliphatic heterocycles. The van der Waals surface area contributed by atoms with Crippen molar-refractivity contribution in [1.82, 2.24) is 9.55 Å². The summed E-state index contributed by atoms with van der Waals surface area (Å²) in [6.45, 7) is 3.93. The molecule has 1 aromatic rings. The van der Waals surface area contributed by atoms with Gasteiger partial charge in [-0.3, -0.25) is 9.09 Å². The lowest BCUT2D eigenvalue weighted by molar-refractivity contribution is -0.0760. The summed E-state index contributed by atoms with van der Waals surface area (Å²) in [7, 11) is -16.9. The number of ether oxygens (including phenoxy) is 1. The van der Waals surface area contributed by atoms with Crippen LogP contribution < -0.4 is 17.2 Å². The molecule has 1 saturated heterocycles. The summed E-state index contributed by atoms with van der Waals surface area (Å²) < 4.78 is 53.0. The molecule has 3 unspecified atom stereocenters. The molecule has 0 amide bonds. The second kappa shape index (κ2) is 9.88. The predicted molar refractivity (Wildman–Crippen MR) is 112 cm³/mol. The lowest BCUT2D eigenvalue weighted by Crippen LogP contribution is -2.55. The van der Waals surface area contributed by atoms with Gasteiger partial charge < -0.3 is 40.9 Å². The van der Waals surface area contributed by atoms with E-state index in [2.05, 4.69) is 30.0 Å². The van der Waals surface area contributed by atoms with Gasteiger partial charge in [0.2, 0.25) is 0 Å². The highest BCUT2D eigenvalue weighted by Crippen LogP contribution is 2.66. The van der Waals surface area contributed by atoms with Crippen molar-refractivity contribution in [2.75, 3.05) is 5.73 Å². The standard InChI is InChI=1S/C14H23N4O13P3/c1-4-5-14(16)11(19)10(28-12(14)18-7(2)6-9(15)17-13(18)20)8(3)29-33(24,25)31-34(26,27)30-32(21,22)23/h6,8,10-12,19H,16H2,1-3H3,(H,24,25)(H,26,27)(H2,15,17,20)(H2,21,22,23)/t8-,10-,11+,12-,14?/m1/s1. The van der Waals surface area contributed by atoms with Crippen molar-refractivity contribution in [2.45, 2.75) is 50.8 Å². The normalized spacial score (nSPS) is 29.5. The van der Waals surface area contributed by atoms with Crippen LogP contribution in [0.2, 0.25) is 0 Å². The molecule has 0 aliphatic carbocycles. The Balaban J connectivity index is 2.37. The lowest BCUT2D eigenvalue weighted by Gasteiger charge is -2.29. The zero-order valence-corrected chi connectivity index (χ0v) is 20.5. The first-order chi connectivity index (χ1) is 15.3. The molecule has 0 bridgehead atoms. The lowest BCUT2D eigenvalue weighted by atomic mass is 9.90. The summed E-state index contributed by atoms with van der Waals surface area (Å²) in [4.78, 5) is 52.3. The predicted octanol–water partition coefficient (Wildman–Crippen LogP) is -1.16. The Morgan fingerprint density at radius 1 is 1.24 bits per heavy atom. The van der Waals surface area contributed by atoms with Crippen LogP contribution in [0.4, 0.5) is 5.82 Å². The molecular formula is C14H23N4O13P3. The Morgan fingerprint density at radius 3 is 2.32 bits per heavy atom. The first-order valence-corrected chi connectivity index (χ1v) is 13.6. The van der Waals surface area contributed by atoms with E-state index in [9.17, 15) is 33.4 Å². The number of aryl methyl sites for hydroxylation is 1. The Hall–Kier alpha value is -1.47. The van der Waals surface area contributed by atoms with Gasteiger partial charge in [0.25, 0.3) is 0 Å². The number of nitrogens with two attached hydrogens (primary N) is 2. The number of nitrogen functional groups attached to an aromatic ring is 1. The van der Waals surface area contributed by atoms with E-state index >= 15 is 0 Å². The molecule has 0 saturated carbocycles. The van der Waals surface area contributed by atoms with E-state index < -0.39 is 59.2 Å². The maximum absolute atomic E-state index is 12.5. The van der Waals surface area contributed by atoms with Gasteiger partial charge in [0.05, 0.1) is 6.10 Å². The Kier molecular flexibility index (Phi) is 8.36. The van der Waals surface area contributed by atoms with E-state index in [0.717, 1.165) is 11.5 Å². The molecule has 2 heterocycles. The van der Waals surface area contributed by atoms with Crippen LogP contribution in [0.1, 0.15) is 25.8 Å². The number of aliphatic hydroxyl groups excluding tert-OH is 1. The minimum absolute atomic E-state index is 0.0981. The summed E-state index contributed by atoms with van der Waals surface area (Å²) in [5, 5.41) is 10.8. The number of anilines is 1. The molecule has 17 nitrogen and oxygen atoms in total. The number of aromatic nitrogens is 2. The van der Waals surface area contributed by atoms with Crippen molar-refractivity contribution < 1.29 is 56.3 Å². The zero-order valence-electron chi connectivity index (χ0n) is 17.8. The van der Waals surface area contributed by atoms with Crippen LogP contribution in [0.3, 0.4) is 0 Å². The molecule has 0 aromatic carbocycles. The highest BCUT2D eigenvalue weighted by atomic mass is 31.3. The minimum atomic E-state index is -5.77. The number of nitrogens with zero attached hydrogens (tertiary/aromatic N) is 2. The van der Waals surface area contributed by atoms with E-state index in [1.807, 2.05) is 0 Å². The first-order valence-electron chi connectivity index (χ1n) is 9.06.